The average Bonchev–Trinajstić information content (AvgIpc) is 2.32. The molecule has 0 radical (unpaired) electrons. The van der Waals surface area contributed by atoms with Gasteiger partial charge in [-0.15, -0.1) is 0 Å². The van der Waals surface area contributed by atoms with Gasteiger partial charge in [0, 0.05) is 26.6 Å². The van der Waals surface area contributed by atoms with E-state index in [1.165, 1.54) is 6.20 Å². The quantitative estimate of drug-likeness (QED) is 0.784. The third kappa shape index (κ3) is 3.47. The Morgan fingerprint density at radius 2 is 2.12 bits per heavy atom. The van der Waals surface area contributed by atoms with Crippen molar-refractivity contribution in [3.63, 3.8) is 0 Å². The minimum atomic E-state index is -0.229. The van der Waals surface area contributed by atoms with E-state index in [0.29, 0.717) is 11.4 Å². The molecule has 0 fully saturated rings. The first-order valence-electron chi connectivity index (χ1n) is 4.68. The molecule has 0 aromatic carbocycles. The van der Waals surface area contributed by atoms with Crippen molar-refractivity contribution < 1.29 is 4.79 Å². The molecular weight excluding hydrogens is 397 g/mol. The molecule has 0 spiro atoms. The molecule has 4 nitrogen and oxygen atoms in total. The Kier molecular flexibility index (Phi) is 4.06. The molecule has 6 heteroatoms. The SMILES string of the molecule is O=C(Nc1ccc(I)cn1)c1cncc(Br)c1. The van der Waals surface area contributed by atoms with E-state index in [1.807, 2.05) is 6.07 Å². The molecule has 0 aliphatic carbocycles. The lowest BCUT2D eigenvalue weighted by Crippen LogP contribution is -2.13. The summed E-state index contributed by atoms with van der Waals surface area (Å²) in [4.78, 5) is 19.9. The Labute approximate surface area is 120 Å². The predicted octanol–water partition coefficient (Wildman–Crippen LogP) is 3.10. The van der Waals surface area contributed by atoms with Gasteiger partial charge in [0.15, 0.2) is 0 Å². The summed E-state index contributed by atoms with van der Waals surface area (Å²) in [5.41, 5.74) is 0.486. The zero-order valence-electron chi connectivity index (χ0n) is 8.52. The largest absolute Gasteiger partial charge is 0.307 e. The van der Waals surface area contributed by atoms with Crippen LogP contribution in [-0.2, 0) is 0 Å². The summed E-state index contributed by atoms with van der Waals surface area (Å²) in [6.07, 6.45) is 4.82. The normalized spacial score (nSPS) is 10.0. The molecule has 86 valence electrons. The lowest BCUT2D eigenvalue weighted by Gasteiger charge is -2.04. The van der Waals surface area contributed by atoms with Crippen molar-refractivity contribution in [2.75, 3.05) is 5.32 Å². The van der Waals surface area contributed by atoms with Crippen molar-refractivity contribution in [2.45, 2.75) is 0 Å². The summed E-state index contributed by atoms with van der Waals surface area (Å²) < 4.78 is 1.78. The molecule has 2 rings (SSSR count). The van der Waals surface area contributed by atoms with Crippen LogP contribution in [0.15, 0.2) is 41.3 Å². The summed E-state index contributed by atoms with van der Waals surface area (Å²) in [5, 5.41) is 2.70. The van der Waals surface area contributed by atoms with E-state index in [2.05, 4.69) is 53.8 Å². The molecule has 1 N–H and O–H groups in total. The number of carbonyl (C=O) groups excluding carboxylic acids is 1. The molecule has 0 unspecified atom stereocenters. The molecule has 0 bridgehead atoms. The molecule has 0 aliphatic heterocycles. The van der Waals surface area contributed by atoms with E-state index in [4.69, 9.17) is 0 Å². The van der Waals surface area contributed by atoms with Gasteiger partial charge in [0.25, 0.3) is 5.91 Å². The van der Waals surface area contributed by atoms with Crippen LogP contribution < -0.4 is 5.32 Å². The minimum Gasteiger partial charge on any atom is -0.307 e. The van der Waals surface area contributed by atoms with Gasteiger partial charge >= 0.3 is 0 Å². The molecule has 0 aliphatic rings. The summed E-state index contributed by atoms with van der Waals surface area (Å²) in [6, 6.07) is 5.34. The minimum absolute atomic E-state index is 0.229. The monoisotopic (exact) mass is 403 g/mol. The third-order valence-electron chi connectivity index (χ3n) is 1.94. The summed E-state index contributed by atoms with van der Waals surface area (Å²) in [7, 11) is 0. The maximum absolute atomic E-state index is 11.8. The predicted molar refractivity (Wildman–Crippen MR) is 76.8 cm³/mol. The van der Waals surface area contributed by atoms with E-state index in [1.54, 1.807) is 24.5 Å². The Hall–Kier alpha value is -1.02. The van der Waals surface area contributed by atoms with Crippen LogP contribution in [0.5, 0.6) is 0 Å². The van der Waals surface area contributed by atoms with Crippen molar-refractivity contribution >= 4 is 50.2 Å². The standard InChI is InChI=1S/C11H7BrIN3O/c12-8-3-7(4-14-5-8)11(17)16-10-2-1-9(13)6-15-10/h1-6H,(H,15,16,17). The number of nitrogens with zero attached hydrogens (tertiary/aromatic N) is 2. The molecule has 1 amide bonds. The molecule has 2 aromatic heterocycles. The van der Waals surface area contributed by atoms with E-state index in [-0.39, 0.29) is 5.91 Å². The first-order valence-corrected chi connectivity index (χ1v) is 6.56. The first kappa shape index (κ1) is 12.4. The fourth-order valence-corrected chi connectivity index (χ4v) is 1.86. The van der Waals surface area contributed by atoms with Crippen LogP contribution in [-0.4, -0.2) is 15.9 Å². The van der Waals surface area contributed by atoms with Crippen molar-refractivity contribution in [1.82, 2.24) is 9.97 Å². The maximum atomic E-state index is 11.8. The number of hydrogen-bond acceptors (Lipinski definition) is 3. The summed E-state index contributed by atoms with van der Waals surface area (Å²) in [5.74, 6) is 0.294. The molecular formula is C11H7BrIN3O. The number of halogens is 2. The molecule has 0 atom stereocenters. The Morgan fingerprint density at radius 1 is 1.29 bits per heavy atom. The van der Waals surface area contributed by atoms with Crippen molar-refractivity contribution in [1.29, 1.82) is 0 Å². The molecule has 17 heavy (non-hydrogen) atoms. The number of aromatic nitrogens is 2. The summed E-state index contributed by atoms with van der Waals surface area (Å²) in [6.45, 7) is 0. The van der Waals surface area contributed by atoms with Crippen LogP contribution >= 0.6 is 38.5 Å². The van der Waals surface area contributed by atoms with E-state index in [9.17, 15) is 4.79 Å². The number of amides is 1. The van der Waals surface area contributed by atoms with Crippen LogP contribution in [0.25, 0.3) is 0 Å². The van der Waals surface area contributed by atoms with E-state index >= 15 is 0 Å². The van der Waals surface area contributed by atoms with Gasteiger partial charge in [-0.3, -0.25) is 9.78 Å². The van der Waals surface area contributed by atoms with E-state index in [0.717, 1.165) is 8.04 Å². The van der Waals surface area contributed by atoms with Gasteiger partial charge in [-0.2, -0.15) is 0 Å². The van der Waals surface area contributed by atoms with Gasteiger partial charge in [-0.25, -0.2) is 4.98 Å². The lowest BCUT2D eigenvalue weighted by molar-refractivity contribution is 0.102. The second-order valence-electron chi connectivity index (χ2n) is 3.21. The Balaban J connectivity index is 2.14. The van der Waals surface area contributed by atoms with Gasteiger partial charge in [0.2, 0.25) is 0 Å². The maximum Gasteiger partial charge on any atom is 0.258 e. The zero-order chi connectivity index (χ0) is 12.3. The van der Waals surface area contributed by atoms with Crippen LogP contribution in [0.3, 0.4) is 0 Å². The van der Waals surface area contributed by atoms with Gasteiger partial charge in [-0.1, -0.05) is 0 Å². The number of pyridine rings is 2. The van der Waals surface area contributed by atoms with E-state index < -0.39 is 0 Å². The highest BCUT2D eigenvalue weighted by Gasteiger charge is 2.07. The first-order chi connectivity index (χ1) is 8.15. The lowest BCUT2D eigenvalue weighted by atomic mass is 10.3. The van der Waals surface area contributed by atoms with Gasteiger partial charge in [0.1, 0.15) is 5.82 Å². The number of rotatable bonds is 2. The third-order valence-corrected chi connectivity index (χ3v) is 3.01. The second-order valence-corrected chi connectivity index (χ2v) is 5.37. The van der Waals surface area contributed by atoms with Crippen LogP contribution in [0, 0.1) is 3.57 Å². The van der Waals surface area contributed by atoms with Crippen molar-refractivity contribution in [2.24, 2.45) is 0 Å². The topological polar surface area (TPSA) is 54.9 Å². The number of anilines is 1. The van der Waals surface area contributed by atoms with Gasteiger partial charge < -0.3 is 5.32 Å². The average molecular weight is 404 g/mol. The number of hydrogen-bond donors (Lipinski definition) is 1. The molecule has 0 saturated heterocycles. The molecule has 2 heterocycles. The zero-order valence-corrected chi connectivity index (χ0v) is 12.3. The second kappa shape index (κ2) is 5.54. The van der Waals surface area contributed by atoms with Crippen LogP contribution in [0.1, 0.15) is 10.4 Å². The number of nitrogens with one attached hydrogen (secondary N) is 1. The van der Waals surface area contributed by atoms with Crippen LogP contribution in [0.2, 0.25) is 0 Å². The number of carbonyl (C=O) groups is 1. The molecule has 0 saturated carbocycles. The Morgan fingerprint density at radius 3 is 2.76 bits per heavy atom. The Bertz CT molecular complexity index is 545. The fourth-order valence-electron chi connectivity index (χ4n) is 1.17. The summed E-state index contributed by atoms with van der Waals surface area (Å²) >= 11 is 5.42. The van der Waals surface area contributed by atoms with Crippen molar-refractivity contribution in [3.05, 3.63) is 50.4 Å². The van der Waals surface area contributed by atoms with Crippen LogP contribution in [0.4, 0.5) is 5.82 Å². The smallest absolute Gasteiger partial charge is 0.258 e. The highest BCUT2D eigenvalue weighted by molar-refractivity contribution is 14.1. The highest BCUT2D eigenvalue weighted by Crippen LogP contribution is 2.12. The van der Waals surface area contributed by atoms with Crippen molar-refractivity contribution in [3.8, 4) is 0 Å². The van der Waals surface area contributed by atoms with Gasteiger partial charge in [-0.05, 0) is 56.7 Å². The molecule has 2 aromatic rings. The highest BCUT2D eigenvalue weighted by atomic mass is 127. The van der Waals surface area contributed by atoms with Gasteiger partial charge in [0.05, 0.1) is 5.56 Å². The fraction of sp³-hybridized carbons (Fsp3) is 0.